The van der Waals surface area contributed by atoms with E-state index in [-0.39, 0.29) is 0 Å². The molecule has 2 saturated carbocycles. The van der Waals surface area contributed by atoms with Crippen LogP contribution >= 0.6 is 0 Å². The van der Waals surface area contributed by atoms with Crippen LogP contribution in [0, 0.1) is 11.8 Å². The summed E-state index contributed by atoms with van der Waals surface area (Å²) in [4.78, 5) is 0. The van der Waals surface area contributed by atoms with Crippen LogP contribution in [-0.4, -0.2) is 25.3 Å². The number of rotatable bonds is 6. The van der Waals surface area contributed by atoms with Crippen LogP contribution in [0.2, 0.25) is 0 Å². The second-order valence-electron chi connectivity index (χ2n) is 6.70. The zero-order valence-corrected chi connectivity index (χ0v) is 12.3. The predicted octanol–water partition coefficient (Wildman–Crippen LogP) is 3.75. The molecule has 2 unspecified atom stereocenters. The molecule has 0 heterocycles. The maximum absolute atomic E-state index is 6.05. The Labute approximate surface area is 113 Å². The third-order valence-electron chi connectivity index (χ3n) is 4.60. The topological polar surface area (TPSA) is 21.3 Å². The van der Waals surface area contributed by atoms with E-state index in [4.69, 9.17) is 4.74 Å². The van der Waals surface area contributed by atoms with Crippen LogP contribution in [0.25, 0.3) is 0 Å². The van der Waals surface area contributed by atoms with E-state index in [9.17, 15) is 0 Å². The summed E-state index contributed by atoms with van der Waals surface area (Å²) in [6.07, 6.45) is 11.3. The van der Waals surface area contributed by atoms with E-state index in [2.05, 4.69) is 19.2 Å². The number of hydrogen-bond acceptors (Lipinski definition) is 2. The van der Waals surface area contributed by atoms with E-state index in [1.807, 2.05) is 0 Å². The molecule has 2 heteroatoms. The maximum atomic E-state index is 6.05. The second kappa shape index (κ2) is 7.49. The molecule has 106 valence electrons. The van der Waals surface area contributed by atoms with Gasteiger partial charge in [0, 0.05) is 12.6 Å². The Bertz CT molecular complexity index is 215. The number of ether oxygens (including phenoxy) is 1. The van der Waals surface area contributed by atoms with Crippen molar-refractivity contribution in [3.63, 3.8) is 0 Å². The quantitative estimate of drug-likeness (QED) is 0.728. The minimum absolute atomic E-state index is 0.537. The lowest BCUT2D eigenvalue weighted by Gasteiger charge is -2.31. The van der Waals surface area contributed by atoms with Crippen molar-refractivity contribution in [2.45, 2.75) is 77.4 Å². The van der Waals surface area contributed by atoms with Gasteiger partial charge in [-0.15, -0.1) is 0 Å². The number of hydrogen-bond donors (Lipinski definition) is 1. The summed E-state index contributed by atoms with van der Waals surface area (Å²) < 4.78 is 6.05. The van der Waals surface area contributed by atoms with Gasteiger partial charge in [-0.1, -0.05) is 26.7 Å². The fourth-order valence-corrected chi connectivity index (χ4v) is 3.77. The summed E-state index contributed by atoms with van der Waals surface area (Å²) in [6, 6.07) is 0.805. The maximum Gasteiger partial charge on any atom is 0.0580 e. The minimum atomic E-state index is 0.537. The van der Waals surface area contributed by atoms with Crippen molar-refractivity contribution in [1.82, 2.24) is 5.32 Å². The molecule has 0 aromatic carbocycles. The predicted molar refractivity (Wildman–Crippen MR) is 76.8 cm³/mol. The van der Waals surface area contributed by atoms with Crippen molar-refractivity contribution in [2.75, 3.05) is 13.2 Å². The lowest BCUT2D eigenvalue weighted by molar-refractivity contribution is 0.0000544. The Hall–Kier alpha value is -0.0800. The molecular weight excluding hydrogens is 222 g/mol. The molecule has 1 N–H and O–H groups in total. The van der Waals surface area contributed by atoms with Gasteiger partial charge in [0.2, 0.25) is 0 Å². The van der Waals surface area contributed by atoms with Crippen LogP contribution < -0.4 is 5.32 Å². The summed E-state index contributed by atoms with van der Waals surface area (Å²) in [5, 5.41) is 3.66. The van der Waals surface area contributed by atoms with E-state index < -0.39 is 0 Å². The summed E-state index contributed by atoms with van der Waals surface area (Å²) in [5.74, 6) is 1.71. The molecule has 0 amide bonds. The SMILES string of the molecule is CC1CC(C)CC(OCCCNC2CCCC2)C1. The lowest BCUT2D eigenvalue weighted by Crippen LogP contribution is -2.29. The molecular formula is C16H31NO. The molecule has 0 aromatic heterocycles. The molecule has 18 heavy (non-hydrogen) atoms. The average molecular weight is 253 g/mol. The van der Waals surface area contributed by atoms with E-state index in [0.29, 0.717) is 6.10 Å². The van der Waals surface area contributed by atoms with Gasteiger partial charge in [-0.3, -0.25) is 0 Å². The van der Waals surface area contributed by atoms with Gasteiger partial charge in [0.05, 0.1) is 6.10 Å². The minimum Gasteiger partial charge on any atom is -0.378 e. The first kappa shape index (κ1) is 14.3. The van der Waals surface area contributed by atoms with Gasteiger partial charge in [0.1, 0.15) is 0 Å². The molecule has 0 aromatic rings. The first-order valence-corrected chi connectivity index (χ1v) is 8.09. The van der Waals surface area contributed by atoms with Gasteiger partial charge in [-0.25, -0.2) is 0 Å². The highest BCUT2D eigenvalue weighted by Gasteiger charge is 2.24. The highest BCUT2D eigenvalue weighted by Crippen LogP contribution is 2.30. The molecule has 2 nitrogen and oxygen atoms in total. The Morgan fingerprint density at radius 1 is 1.00 bits per heavy atom. The van der Waals surface area contributed by atoms with Crippen LogP contribution in [0.5, 0.6) is 0 Å². The number of nitrogens with one attached hydrogen (secondary N) is 1. The van der Waals surface area contributed by atoms with E-state index in [1.54, 1.807) is 0 Å². The van der Waals surface area contributed by atoms with Crippen LogP contribution in [0.4, 0.5) is 0 Å². The first-order chi connectivity index (χ1) is 8.74. The van der Waals surface area contributed by atoms with Crippen LogP contribution in [0.1, 0.15) is 65.2 Å². The molecule has 2 rings (SSSR count). The summed E-state index contributed by atoms with van der Waals surface area (Å²) in [5.41, 5.74) is 0. The van der Waals surface area contributed by atoms with Gasteiger partial charge < -0.3 is 10.1 Å². The van der Waals surface area contributed by atoms with Gasteiger partial charge in [-0.2, -0.15) is 0 Å². The monoisotopic (exact) mass is 253 g/mol. The zero-order valence-electron chi connectivity index (χ0n) is 12.3. The largest absolute Gasteiger partial charge is 0.378 e. The third kappa shape index (κ3) is 4.89. The van der Waals surface area contributed by atoms with Crippen molar-refractivity contribution < 1.29 is 4.74 Å². The van der Waals surface area contributed by atoms with Gasteiger partial charge in [0.25, 0.3) is 0 Å². The normalized spacial score (nSPS) is 34.0. The molecule has 2 fully saturated rings. The average Bonchev–Trinajstić information content (AvgIpc) is 2.80. The van der Waals surface area contributed by atoms with Crippen molar-refractivity contribution >= 4 is 0 Å². The van der Waals surface area contributed by atoms with E-state index in [0.717, 1.165) is 31.0 Å². The van der Waals surface area contributed by atoms with E-state index in [1.165, 1.54) is 51.4 Å². The van der Waals surface area contributed by atoms with Gasteiger partial charge in [-0.05, 0) is 56.9 Å². The highest BCUT2D eigenvalue weighted by atomic mass is 16.5. The molecule has 0 aliphatic heterocycles. The Balaban J connectivity index is 1.49. The van der Waals surface area contributed by atoms with Crippen LogP contribution in [0.3, 0.4) is 0 Å². The summed E-state index contributed by atoms with van der Waals surface area (Å²) in [6.45, 7) is 6.83. The first-order valence-electron chi connectivity index (χ1n) is 8.09. The fourth-order valence-electron chi connectivity index (χ4n) is 3.77. The molecule has 0 saturated heterocycles. The smallest absolute Gasteiger partial charge is 0.0580 e. The van der Waals surface area contributed by atoms with Crippen LogP contribution in [0.15, 0.2) is 0 Å². The fraction of sp³-hybridized carbons (Fsp3) is 1.00. The molecule has 2 aliphatic carbocycles. The Morgan fingerprint density at radius 2 is 1.67 bits per heavy atom. The molecule has 2 atom stereocenters. The van der Waals surface area contributed by atoms with Crippen molar-refractivity contribution in [3.8, 4) is 0 Å². The van der Waals surface area contributed by atoms with Crippen molar-refractivity contribution in [2.24, 2.45) is 11.8 Å². The van der Waals surface area contributed by atoms with Crippen molar-refractivity contribution in [3.05, 3.63) is 0 Å². The van der Waals surface area contributed by atoms with Gasteiger partial charge in [0.15, 0.2) is 0 Å². The second-order valence-corrected chi connectivity index (χ2v) is 6.70. The lowest BCUT2D eigenvalue weighted by atomic mass is 9.82. The third-order valence-corrected chi connectivity index (χ3v) is 4.60. The highest BCUT2D eigenvalue weighted by molar-refractivity contribution is 4.76. The molecule has 2 aliphatic rings. The van der Waals surface area contributed by atoms with Gasteiger partial charge >= 0.3 is 0 Å². The Morgan fingerprint density at radius 3 is 2.33 bits per heavy atom. The molecule has 0 spiro atoms. The Kier molecular flexibility index (Phi) is 5.97. The van der Waals surface area contributed by atoms with Crippen LogP contribution in [-0.2, 0) is 4.74 Å². The molecule has 0 bridgehead atoms. The van der Waals surface area contributed by atoms with E-state index >= 15 is 0 Å². The zero-order chi connectivity index (χ0) is 12.8. The summed E-state index contributed by atoms with van der Waals surface area (Å²) >= 11 is 0. The standard InChI is InChI=1S/C16H31NO/c1-13-10-14(2)12-16(11-13)18-9-5-8-17-15-6-3-4-7-15/h13-17H,3-12H2,1-2H3. The van der Waals surface area contributed by atoms with Crippen molar-refractivity contribution in [1.29, 1.82) is 0 Å². The summed E-state index contributed by atoms with van der Waals surface area (Å²) in [7, 11) is 0. The molecule has 0 radical (unpaired) electrons.